The second-order valence-corrected chi connectivity index (χ2v) is 7.76. The van der Waals surface area contributed by atoms with Crippen molar-refractivity contribution in [2.45, 2.75) is 24.4 Å². The van der Waals surface area contributed by atoms with Crippen LogP contribution < -0.4 is 4.74 Å². The van der Waals surface area contributed by atoms with E-state index in [0.29, 0.717) is 17.9 Å². The Hall–Kier alpha value is -3.32. The highest BCUT2D eigenvalue weighted by Crippen LogP contribution is 2.29. The maximum absolute atomic E-state index is 11.5. The van der Waals surface area contributed by atoms with Crippen molar-refractivity contribution in [2.24, 2.45) is 0 Å². The average Bonchev–Trinajstić information content (AvgIpc) is 3.11. The van der Waals surface area contributed by atoms with Crippen molar-refractivity contribution in [1.29, 1.82) is 0 Å². The van der Waals surface area contributed by atoms with Crippen molar-refractivity contribution in [3.05, 3.63) is 83.0 Å². The molecule has 0 bridgehead atoms. The van der Waals surface area contributed by atoms with Crippen LogP contribution in [0.25, 0.3) is 11.2 Å². The molecule has 6 nitrogen and oxygen atoms in total. The lowest BCUT2D eigenvalue weighted by atomic mass is 10.1. The van der Waals surface area contributed by atoms with E-state index in [0.717, 1.165) is 38.8 Å². The molecule has 0 aliphatic rings. The fourth-order valence-electron chi connectivity index (χ4n) is 3.41. The van der Waals surface area contributed by atoms with E-state index >= 15 is 0 Å². The topological polar surface area (TPSA) is 77.2 Å². The first-order valence-corrected chi connectivity index (χ1v) is 10.4. The molecule has 0 saturated carbocycles. The fraction of sp³-hybridized carbons (Fsp3) is 0.174. The maximum Gasteiger partial charge on any atom is 0.335 e. The first kappa shape index (κ1) is 20.0. The third-order valence-electron chi connectivity index (χ3n) is 5.02. The van der Waals surface area contributed by atoms with E-state index in [1.54, 1.807) is 25.4 Å². The third kappa shape index (κ3) is 3.89. The van der Waals surface area contributed by atoms with Crippen LogP contribution in [0.5, 0.6) is 5.75 Å². The smallest absolute Gasteiger partial charge is 0.335 e. The van der Waals surface area contributed by atoms with Gasteiger partial charge in [0.15, 0.2) is 10.8 Å². The largest absolute Gasteiger partial charge is 0.496 e. The highest BCUT2D eigenvalue weighted by molar-refractivity contribution is 7.98. The van der Waals surface area contributed by atoms with Gasteiger partial charge in [0.25, 0.3) is 0 Å². The zero-order chi connectivity index (χ0) is 21.1. The second-order valence-electron chi connectivity index (χ2n) is 6.82. The molecule has 0 fully saturated rings. The zero-order valence-electron chi connectivity index (χ0n) is 16.7. The molecule has 4 aromatic rings. The number of carbonyl (C=O) groups is 1. The zero-order valence-corrected chi connectivity index (χ0v) is 17.5. The Kier molecular flexibility index (Phi) is 5.72. The monoisotopic (exact) mass is 419 g/mol. The number of hydrogen-bond acceptors (Lipinski definition) is 5. The summed E-state index contributed by atoms with van der Waals surface area (Å²) < 4.78 is 7.54. The number of aromatic nitrogens is 3. The van der Waals surface area contributed by atoms with Gasteiger partial charge in [-0.2, -0.15) is 0 Å². The van der Waals surface area contributed by atoms with Crippen LogP contribution in [-0.4, -0.2) is 32.7 Å². The summed E-state index contributed by atoms with van der Waals surface area (Å²) in [4.78, 5) is 20.8. The summed E-state index contributed by atoms with van der Waals surface area (Å²) in [6.45, 7) is 2.64. The lowest BCUT2D eigenvalue weighted by Gasteiger charge is -2.13. The minimum atomic E-state index is -0.923. The molecule has 0 amide bonds. The van der Waals surface area contributed by atoms with Crippen molar-refractivity contribution in [2.75, 3.05) is 7.11 Å². The van der Waals surface area contributed by atoms with Crippen LogP contribution in [0.4, 0.5) is 0 Å². The molecular formula is C23H21N3O3S. The molecule has 1 N–H and O–H groups in total. The number of imidazole rings is 1. The molecule has 0 saturated heterocycles. The molecule has 2 heterocycles. The van der Waals surface area contributed by atoms with E-state index < -0.39 is 5.97 Å². The molecule has 4 rings (SSSR count). The Morgan fingerprint density at radius 3 is 2.70 bits per heavy atom. The SMILES string of the molecule is COc1cccc(Cn2c(SCc3ccccc3C(=O)O)nc3cccnc32)c1C. The number of benzene rings is 2. The van der Waals surface area contributed by atoms with Gasteiger partial charge in [0.2, 0.25) is 0 Å². The standard InChI is InChI=1S/C23H21N3O3S/c1-15-16(8-5-11-20(15)29-2)13-26-21-19(10-6-12-24-21)25-23(26)30-14-17-7-3-4-9-18(17)22(27)28/h3-12H,13-14H2,1-2H3,(H,27,28). The minimum absolute atomic E-state index is 0.314. The Balaban J connectivity index is 1.70. The van der Waals surface area contributed by atoms with Crippen LogP contribution in [0.1, 0.15) is 27.0 Å². The normalized spacial score (nSPS) is 11.0. The number of pyridine rings is 1. The molecule has 0 unspecified atom stereocenters. The Morgan fingerprint density at radius 1 is 1.10 bits per heavy atom. The summed E-state index contributed by atoms with van der Waals surface area (Å²) in [6, 6.07) is 16.9. The number of rotatable bonds is 7. The molecule has 7 heteroatoms. The van der Waals surface area contributed by atoms with Crippen LogP contribution in [0.2, 0.25) is 0 Å². The number of aromatic carboxylic acids is 1. The summed E-state index contributed by atoms with van der Waals surface area (Å²) in [5.74, 6) is 0.422. The van der Waals surface area contributed by atoms with Gasteiger partial charge >= 0.3 is 5.97 Å². The molecule has 2 aromatic carbocycles. The Morgan fingerprint density at radius 2 is 1.90 bits per heavy atom. The number of fused-ring (bicyclic) bond motifs is 1. The van der Waals surface area contributed by atoms with Gasteiger partial charge in [-0.25, -0.2) is 14.8 Å². The summed E-state index contributed by atoms with van der Waals surface area (Å²) in [5, 5.41) is 10.3. The number of carboxylic acids is 1. The van der Waals surface area contributed by atoms with Gasteiger partial charge in [0.1, 0.15) is 11.3 Å². The van der Waals surface area contributed by atoms with Crippen LogP contribution in [0.3, 0.4) is 0 Å². The van der Waals surface area contributed by atoms with E-state index in [1.807, 2.05) is 43.3 Å². The quantitative estimate of drug-likeness (QED) is 0.434. The highest BCUT2D eigenvalue weighted by atomic mass is 32.2. The van der Waals surface area contributed by atoms with E-state index in [-0.39, 0.29) is 0 Å². The van der Waals surface area contributed by atoms with Crippen molar-refractivity contribution in [3.63, 3.8) is 0 Å². The number of ether oxygens (including phenoxy) is 1. The van der Waals surface area contributed by atoms with Gasteiger partial charge in [-0.05, 0) is 47.9 Å². The summed E-state index contributed by atoms with van der Waals surface area (Å²) in [7, 11) is 1.67. The summed E-state index contributed by atoms with van der Waals surface area (Å²) >= 11 is 1.51. The van der Waals surface area contributed by atoms with Gasteiger partial charge in [-0.15, -0.1) is 0 Å². The molecule has 0 aliphatic heterocycles. The van der Waals surface area contributed by atoms with Crippen LogP contribution in [0.15, 0.2) is 66.0 Å². The average molecular weight is 420 g/mol. The fourth-order valence-corrected chi connectivity index (χ4v) is 4.42. The molecular weight excluding hydrogens is 398 g/mol. The predicted octanol–water partition coefficient (Wildman–Crippen LogP) is 4.79. The van der Waals surface area contributed by atoms with Gasteiger partial charge in [-0.3, -0.25) is 4.57 Å². The van der Waals surface area contributed by atoms with Gasteiger partial charge in [0.05, 0.1) is 19.2 Å². The summed E-state index contributed by atoms with van der Waals surface area (Å²) in [6.07, 6.45) is 1.76. The molecule has 152 valence electrons. The van der Waals surface area contributed by atoms with Crippen molar-refractivity contribution in [1.82, 2.24) is 14.5 Å². The van der Waals surface area contributed by atoms with Crippen LogP contribution in [0, 0.1) is 6.92 Å². The number of thioether (sulfide) groups is 1. The molecule has 0 aliphatic carbocycles. The van der Waals surface area contributed by atoms with Crippen LogP contribution in [-0.2, 0) is 12.3 Å². The lowest BCUT2D eigenvalue weighted by Crippen LogP contribution is -2.06. The minimum Gasteiger partial charge on any atom is -0.496 e. The number of methoxy groups -OCH3 is 1. The van der Waals surface area contributed by atoms with Crippen molar-refractivity contribution < 1.29 is 14.6 Å². The van der Waals surface area contributed by atoms with Crippen LogP contribution >= 0.6 is 11.8 Å². The van der Waals surface area contributed by atoms with Crippen molar-refractivity contribution in [3.8, 4) is 5.75 Å². The highest BCUT2D eigenvalue weighted by Gasteiger charge is 2.16. The first-order chi connectivity index (χ1) is 14.6. The van der Waals surface area contributed by atoms with Gasteiger partial charge < -0.3 is 9.84 Å². The maximum atomic E-state index is 11.5. The molecule has 0 spiro atoms. The van der Waals surface area contributed by atoms with E-state index in [9.17, 15) is 9.90 Å². The molecule has 2 aromatic heterocycles. The first-order valence-electron chi connectivity index (χ1n) is 9.46. The van der Waals surface area contributed by atoms with E-state index in [2.05, 4.69) is 15.6 Å². The van der Waals surface area contributed by atoms with Gasteiger partial charge in [0, 0.05) is 11.9 Å². The second kappa shape index (κ2) is 8.59. The molecule has 0 atom stereocenters. The predicted molar refractivity (Wildman–Crippen MR) is 117 cm³/mol. The summed E-state index contributed by atoms with van der Waals surface area (Å²) in [5.41, 5.74) is 4.88. The number of hydrogen-bond donors (Lipinski definition) is 1. The lowest BCUT2D eigenvalue weighted by molar-refractivity contribution is 0.0696. The van der Waals surface area contributed by atoms with Gasteiger partial charge in [-0.1, -0.05) is 42.1 Å². The number of nitrogens with zero attached hydrogens (tertiary/aromatic N) is 3. The Bertz CT molecular complexity index is 1220. The van der Waals surface area contributed by atoms with E-state index in [1.165, 1.54) is 11.8 Å². The van der Waals surface area contributed by atoms with Crippen molar-refractivity contribution >= 4 is 28.9 Å². The Labute approximate surface area is 178 Å². The molecule has 0 radical (unpaired) electrons. The van der Waals surface area contributed by atoms with E-state index in [4.69, 9.17) is 9.72 Å². The third-order valence-corrected chi connectivity index (χ3v) is 6.04. The molecule has 30 heavy (non-hydrogen) atoms. The number of carboxylic acid groups (broad SMARTS) is 1.